The number of benzene rings is 1. The number of amides is 2. The lowest BCUT2D eigenvalue weighted by molar-refractivity contribution is -0.147. The number of ketones is 2. The molecule has 1 aliphatic carbocycles. The molecule has 32 heavy (non-hydrogen) atoms. The van der Waals surface area contributed by atoms with Crippen LogP contribution >= 0.6 is 0 Å². The van der Waals surface area contributed by atoms with Crippen LogP contribution in [0.5, 0.6) is 0 Å². The van der Waals surface area contributed by atoms with E-state index in [2.05, 4.69) is 10.3 Å². The lowest BCUT2D eigenvalue weighted by Gasteiger charge is -2.29. The summed E-state index contributed by atoms with van der Waals surface area (Å²) in [5.41, 5.74) is 0.617. The van der Waals surface area contributed by atoms with Gasteiger partial charge in [-0.2, -0.15) is 8.78 Å². The van der Waals surface area contributed by atoms with Crippen molar-refractivity contribution >= 4 is 23.4 Å². The van der Waals surface area contributed by atoms with Gasteiger partial charge >= 0.3 is 5.92 Å². The minimum absolute atomic E-state index is 0.138. The predicted octanol–water partition coefficient (Wildman–Crippen LogP) is 2.28. The van der Waals surface area contributed by atoms with Crippen molar-refractivity contribution in [2.45, 2.75) is 44.3 Å². The number of Topliss-reactive ketones (excluding diaryl/α,β-unsaturated/α-hetero) is 2. The Hall–Kier alpha value is -3.56. The van der Waals surface area contributed by atoms with Gasteiger partial charge in [0.25, 0.3) is 11.8 Å². The van der Waals surface area contributed by atoms with Gasteiger partial charge in [-0.3, -0.25) is 24.2 Å². The van der Waals surface area contributed by atoms with E-state index < -0.39 is 29.4 Å². The molecule has 2 heterocycles. The average Bonchev–Trinajstić information content (AvgIpc) is 3.08. The summed E-state index contributed by atoms with van der Waals surface area (Å²) in [6, 6.07) is 5.54. The number of carbonyl (C=O) groups is 4. The normalized spacial score (nSPS) is 18.7. The van der Waals surface area contributed by atoms with Gasteiger partial charge in [0, 0.05) is 25.1 Å². The van der Waals surface area contributed by atoms with Crippen molar-refractivity contribution < 1.29 is 32.3 Å². The summed E-state index contributed by atoms with van der Waals surface area (Å²) in [7, 11) is 0. The Morgan fingerprint density at radius 3 is 2.66 bits per heavy atom. The number of aromatic nitrogens is 1. The molecule has 0 bridgehead atoms. The highest BCUT2D eigenvalue weighted by atomic mass is 19.3. The molecule has 1 fully saturated rings. The number of nitrogens with one attached hydrogen (secondary N) is 1. The molecule has 1 aromatic heterocycles. The fourth-order valence-corrected chi connectivity index (χ4v) is 3.92. The summed E-state index contributed by atoms with van der Waals surface area (Å²) in [5, 5.41) is 2.13. The van der Waals surface area contributed by atoms with Crippen LogP contribution in [0.15, 0.2) is 36.5 Å². The fourth-order valence-electron chi connectivity index (χ4n) is 3.92. The van der Waals surface area contributed by atoms with Crippen molar-refractivity contribution in [1.82, 2.24) is 15.2 Å². The zero-order valence-electron chi connectivity index (χ0n) is 16.7. The van der Waals surface area contributed by atoms with Crippen molar-refractivity contribution in [1.29, 1.82) is 0 Å². The topological polar surface area (TPSA) is 96.4 Å². The molecule has 2 aromatic rings. The third-order valence-corrected chi connectivity index (χ3v) is 5.60. The van der Waals surface area contributed by atoms with Crippen LogP contribution < -0.4 is 5.32 Å². The molecule has 10 heteroatoms. The van der Waals surface area contributed by atoms with Crippen LogP contribution in [0.4, 0.5) is 13.2 Å². The molecule has 2 aliphatic rings. The maximum absolute atomic E-state index is 14.3. The number of hydrogen-bond donors (Lipinski definition) is 1. The molecule has 0 saturated heterocycles. The number of pyridine rings is 1. The smallest absolute Gasteiger partial charge is 0.346 e. The van der Waals surface area contributed by atoms with Gasteiger partial charge in [-0.05, 0) is 35.7 Å². The number of halogens is 3. The van der Waals surface area contributed by atoms with Gasteiger partial charge in [-0.1, -0.05) is 12.1 Å². The van der Waals surface area contributed by atoms with Crippen molar-refractivity contribution in [3.05, 3.63) is 64.7 Å². The van der Waals surface area contributed by atoms with Gasteiger partial charge in [0.05, 0.1) is 18.7 Å². The van der Waals surface area contributed by atoms with Crippen molar-refractivity contribution in [2.75, 3.05) is 0 Å². The summed E-state index contributed by atoms with van der Waals surface area (Å²) in [6.07, 6.45) is 0.948. The van der Waals surface area contributed by atoms with E-state index >= 15 is 0 Å². The molecule has 4 rings (SSSR count). The van der Waals surface area contributed by atoms with E-state index in [1.807, 2.05) is 0 Å². The van der Waals surface area contributed by atoms with E-state index in [0.717, 1.165) is 12.1 Å². The molecule has 1 saturated carbocycles. The molecule has 1 aromatic carbocycles. The molecular weight excluding hydrogens is 427 g/mol. The van der Waals surface area contributed by atoms with Crippen molar-refractivity contribution in [3.63, 3.8) is 0 Å². The first-order valence-corrected chi connectivity index (χ1v) is 9.92. The fraction of sp³-hybridized carbons (Fsp3) is 0.318. The second-order valence-electron chi connectivity index (χ2n) is 7.78. The van der Waals surface area contributed by atoms with Gasteiger partial charge in [-0.15, -0.1) is 0 Å². The minimum Gasteiger partial charge on any atom is -0.346 e. The maximum Gasteiger partial charge on any atom is 0.366 e. The van der Waals surface area contributed by atoms with E-state index in [9.17, 15) is 32.3 Å². The SMILES string of the molecule is O=C1CCC(N2Cc3cc(CNC(=O)C(F)(F)c4ccc(F)cn4)ccc3C2=O)C(=O)C1. The zero-order chi connectivity index (χ0) is 23.0. The maximum atomic E-state index is 14.3. The van der Waals surface area contributed by atoms with Crippen LogP contribution in [0.2, 0.25) is 0 Å². The molecule has 166 valence electrons. The number of nitrogens with zero attached hydrogens (tertiary/aromatic N) is 2. The monoisotopic (exact) mass is 445 g/mol. The molecule has 0 spiro atoms. The lowest BCUT2D eigenvalue weighted by atomic mass is 9.92. The first-order valence-electron chi connectivity index (χ1n) is 9.92. The third kappa shape index (κ3) is 4.00. The summed E-state index contributed by atoms with van der Waals surface area (Å²) in [4.78, 5) is 53.1. The van der Waals surface area contributed by atoms with Gasteiger partial charge < -0.3 is 10.2 Å². The largest absolute Gasteiger partial charge is 0.366 e. The van der Waals surface area contributed by atoms with Crippen LogP contribution in [0.25, 0.3) is 0 Å². The first kappa shape index (κ1) is 21.7. The Labute approximate surface area is 180 Å². The number of alkyl halides is 2. The molecule has 1 unspecified atom stereocenters. The Bertz CT molecular complexity index is 1120. The number of hydrogen-bond acceptors (Lipinski definition) is 5. The predicted molar refractivity (Wildman–Crippen MR) is 104 cm³/mol. The molecule has 1 atom stereocenters. The standard InChI is InChI=1S/C22H18F3N3O4/c23-14-2-6-19(26-10-14)22(24,25)21(32)27-9-12-1-4-16-13(7-12)11-28(20(16)31)17-5-3-15(29)8-18(17)30/h1-2,4,6-7,10,17H,3,5,8-9,11H2,(H,27,32). The number of fused-ring (bicyclic) bond motifs is 1. The summed E-state index contributed by atoms with van der Waals surface area (Å²) in [5.74, 6) is -7.08. The highest BCUT2D eigenvalue weighted by Crippen LogP contribution is 2.30. The summed E-state index contributed by atoms with van der Waals surface area (Å²) < 4.78 is 41.4. The number of carbonyl (C=O) groups excluding carboxylic acids is 4. The number of rotatable bonds is 5. The van der Waals surface area contributed by atoms with Gasteiger partial charge in [0.15, 0.2) is 5.78 Å². The lowest BCUT2D eigenvalue weighted by Crippen LogP contribution is -2.44. The van der Waals surface area contributed by atoms with Crippen LogP contribution in [0.3, 0.4) is 0 Å². The van der Waals surface area contributed by atoms with Gasteiger partial charge in [0.2, 0.25) is 0 Å². The van der Waals surface area contributed by atoms with Crippen molar-refractivity contribution in [3.8, 4) is 0 Å². The van der Waals surface area contributed by atoms with E-state index in [4.69, 9.17) is 0 Å². The molecule has 2 amide bonds. The molecule has 1 aliphatic heterocycles. The quantitative estimate of drug-likeness (QED) is 0.713. The molecule has 7 nitrogen and oxygen atoms in total. The molecular formula is C22H18F3N3O4. The van der Waals surface area contributed by atoms with Crippen molar-refractivity contribution in [2.24, 2.45) is 0 Å². The Morgan fingerprint density at radius 1 is 1.19 bits per heavy atom. The van der Waals surface area contributed by atoms with E-state index in [1.54, 1.807) is 6.07 Å². The van der Waals surface area contributed by atoms with E-state index in [-0.39, 0.29) is 49.8 Å². The Morgan fingerprint density at radius 2 is 1.97 bits per heavy atom. The van der Waals surface area contributed by atoms with Crippen LogP contribution in [0, 0.1) is 5.82 Å². The van der Waals surface area contributed by atoms with E-state index in [1.165, 1.54) is 17.0 Å². The Balaban J connectivity index is 1.43. The van der Waals surface area contributed by atoms with Crippen LogP contribution in [-0.2, 0) is 33.4 Å². The highest BCUT2D eigenvalue weighted by Gasteiger charge is 2.42. The molecule has 1 N–H and O–H groups in total. The van der Waals surface area contributed by atoms with Crippen LogP contribution in [-0.4, -0.2) is 39.3 Å². The molecule has 0 radical (unpaired) electrons. The average molecular weight is 445 g/mol. The van der Waals surface area contributed by atoms with Gasteiger partial charge in [0.1, 0.15) is 17.3 Å². The Kier molecular flexibility index (Phi) is 5.53. The second kappa shape index (κ2) is 8.18. The summed E-state index contributed by atoms with van der Waals surface area (Å²) >= 11 is 0. The third-order valence-electron chi connectivity index (χ3n) is 5.60. The second-order valence-corrected chi connectivity index (χ2v) is 7.78. The minimum atomic E-state index is -3.95. The highest BCUT2D eigenvalue weighted by molar-refractivity contribution is 6.07. The summed E-state index contributed by atoms with van der Waals surface area (Å²) in [6.45, 7) is -0.0653. The van der Waals surface area contributed by atoms with Crippen LogP contribution in [0.1, 0.15) is 46.4 Å². The zero-order valence-corrected chi connectivity index (χ0v) is 16.7. The van der Waals surface area contributed by atoms with Gasteiger partial charge in [-0.25, -0.2) is 4.39 Å². The first-order chi connectivity index (χ1) is 15.2. The van der Waals surface area contributed by atoms with E-state index in [0.29, 0.717) is 22.9 Å².